The van der Waals surface area contributed by atoms with Crippen LogP contribution in [-0.4, -0.2) is 18.3 Å². The predicted molar refractivity (Wildman–Crippen MR) is 60.5 cm³/mol. The predicted octanol–water partition coefficient (Wildman–Crippen LogP) is 2.65. The number of thioether (sulfide) groups is 1. The summed E-state index contributed by atoms with van der Waals surface area (Å²) in [7, 11) is 0. The smallest absolute Gasteiger partial charge is 0.113 e. The maximum atomic E-state index is 5.28. The van der Waals surface area contributed by atoms with Crippen LogP contribution in [0.4, 0.5) is 0 Å². The quantitative estimate of drug-likeness (QED) is 0.829. The Labute approximate surface area is 89.4 Å². The Hall–Kier alpha value is -0.410. The van der Waals surface area contributed by atoms with Crippen LogP contribution in [0.15, 0.2) is 22.8 Å². The van der Waals surface area contributed by atoms with Crippen molar-refractivity contribution < 1.29 is 4.42 Å². The summed E-state index contributed by atoms with van der Waals surface area (Å²) in [4.78, 5) is 0. The van der Waals surface area contributed by atoms with E-state index in [9.17, 15) is 0 Å². The number of hydrogen-bond acceptors (Lipinski definition) is 3. The first-order valence-corrected chi connectivity index (χ1v) is 6.44. The number of hydrogen-bond donors (Lipinski definition) is 1. The van der Waals surface area contributed by atoms with Crippen molar-refractivity contribution in [2.24, 2.45) is 0 Å². The number of rotatable bonds is 4. The van der Waals surface area contributed by atoms with Crippen molar-refractivity contribution in [3.05, 3.63) is 24.2 Å². The molecule has 1 fully saturated rings. The van der Waals surface area contributed by atoms with E-state index in [1.165, 1.54) is 31.6 Å². The largest absolute Gasteiger partial charge is 0.468 e. The first-order valence-electron chi connectivity index (χ1n) is 5.28. The minimum absolute atomic E-state index is 0.726. The molecule has 0 aromatic carbocycles. The van der Waals surface area contributed by atoms with Crippen molar-refractivity contribution in [2.75, 3.05) is 12.3 Å². The molecular formula is C11H17NOS. The van der Waals surface area contributed by atoms with Crippen LogP contribution in [0.25, 0.3) is 0 Å². The molecule has 2 nitrogen and oxygen atoms in total. The van der Waals surface area contributed by atoms with E-state index in [2.05, 4.69) is 5.32 Å². The molecule has 0 aliphatic carbocycles. The number of piperidine rings is 1. The molecule has 1 aliphatic rings. The van der Waals surface area contributed by atoms with Crippen molar-refractivity contribution in [1.82, 2.24) is 5.32 Å². The summed E-state index contributed by atoms with van der Waals surface area (Å²) in [6.07, 6.45) is 5.82. The average Bonchev–Trinajstić information content (AvgIpc) is 2.72. The lowest BCUT2D eigenvalue weighted by Crippen LogP contribution is -2.35. The molecule has 0 bridgehead atoms. The fourth-order valence-electron chi connectivity index (χ4n) is 1.76. The molecule has 1 aromatic rings. The van der Waals surface area contributed by atoms with Gasteiger partial charge in [-0.25, -0.2) is 0 Å². The van der Waals surface area contributed by atoms with Gasteiger partial charge in [0.05, 0.1) is 12.0 Å². The van der Waals surface area contributed by atoms with Crippen LogP contribution in [0.3, 0.4) is 0 Å². The molecule has 2 rings (SSSR count). The molecule has 1 N–H and O–H groups in total. The zero-order chi connectivity index (χ0) is 9.64. The molecular weight excluding hydrogens is 194 g/mol. The monoisotopic (exact) mass is 211 g/mol. The highest BCUT2D eigenvalue weighted by Gasteiger charge is 2.12. The van der Waals surface area contributed by atoms with Crippen molar-refractivity contribution in [3.63, 3.8) is 0 Å². The Kier molecular flexibility index (Phi) is 3.95. The van der Waals surface area contributed by atoms with E-state index in [1.54, 1.807) is 6.26 Å². The maximum absolute atomic E-state index is 5.28. The third-order valence-electron chi connectivity index (χ3n) is 2.56. The zero-order valence-electron chi connectivity index (χ0n) is 8.37. The Morgan fingerprint density at radius 1 is 1.50 bits per heavy atom. The Bertz CT molecular complexity index is 242. The minimum atomic E-state index is 0.726. The van der Waals surface area contributed by atoms with Crippen molar-refractivity contribution in [3.8, 4) is 0 Å². The molecule has 0 spiro atoms. The normalized spacial score (nSPS) is 22.4. The molecule has 0 unspecified atom stereocenters. The molecule has 1 atom stereocenters. The molecule has 1 aromatic heterocycles. The summed E-state index contributed by atoms with van der Waals surface area (Å²) in [6.45, 7) is 1.20. The van der Waals surface area contributed by atoms with Crippen LogP contribution in [0.2, 0.25) is 0 Å². The zero-order valence-corrected chi connectivity index (χ0v) is 9.19. The fraction of sp³-hybridized carbons (Fsp3) is 0.636. The summed E-state index contributed by atoms with van der Waals surface area (Å²) < 4.78 is 5.28. The lowest BCUT2D eigenvalue weighted by atomic mass is 10.1. The van der Waals surface area contributed by atoms with Crippen molar-refractivity contribution in [2.45, 2.75) is 31.1 Å². The lowest BCUT2D eigenvalue weighted by Gasteiger charge is -2.22. The van der Waals surface area contributed by atoms with Gasteiger partial charge in [-0.15, -0.1) is 0 Å². The molecule has 0 amide bonds. The van der Waals surface area contributed by atoms with E-state index in [0.29, 0.717) is 0 Å². The Balaban J connectivity index is 1.62. The highest BCUT2D eigenvalue weighted by molar-refractivity contribution is 7.98. The van der Waals surface area contributed by atoms with Crippen LogP contribution in [0, 0.1) is 0 Å². The van der Waals surface area contributed by atoms with E-state index in [0.717, 1.165) is 17.6 Å². The molecule has 78 valence electrons. The van der Waals surface area contributed by atoms with Crippen LogP contribution < -0.4 is 5.32 Å². The molecule has 14 heavy (non-hydrogen) atoms. The summed E-state index contributed by atoms with van der Waals surface area (Å²) in [5.74, 6) is 3.30. The Morgan fingerprint density at radius 3 is 3.21 bits per heavy atom. The third-order valence-corrected chi connectivity index (χ3v) is 3.68. The van der Waals surface area contributed by atoms with Crippen LogP contribution in [-0.2, 0) is 5.75 Å². The number of furan rings is 1. The molecule has 0 saturated carbocycles. The van der Waals surface area contributed by atoms with Crippen molar-refractivity contribution >= 4 is 11.8 Å². The van der Waals surface area contributed by atoms with Crippen molar-refractivity contribution in [1.29, 1.82) is 0 Å². The molecule has 0 radical (unpaired) electrons. The first kappa shape index (κ1) is 10.1. The van der Waals surface area contributed by atoms with Gasteiger partial charge in [-0.3, -0.25) is 0 Å². The van der Waals surface area contributed by atoms with E-state index in [4.69, 9.17) is 4.42 Å². The van der Waals surface area contributed by atoms with Gasteiger partial charge < -0.3 is 9.73 Å². The van der Waals surface area contributed by atoms with Gasteiger partial charge in [0, 0.05) is 11.8 Å². The fourth-order valence-corrected chi connectivity index (χ4v) is 2.82. The van der Waals surface area contributed by atoms with Crippen LogP contribution >= 0.6 is 11.8 Å². The first-order chi connectivity index (χ1) is 6.95. The minimum Gasteiger partial charge on any atom is -0.468 e. The van der Waals surface area contributed by atoms with Gasteiger partial charge in [0.15, 0.2) is 0 Å². The summed E-state index contributed by atoms with van der Waals surface area (Å²) in [6, 6.07) is 4.72. The lowest BCUT2D eigenvalue weighted by molar-refractivity contribution is 0.429. The molecule has 1 aliphatic heterocycles. The van der Waals surface area contributed by atoms with Gasteiger partial charge in [0.1, 0.15) is 5.76 Å². The molecule has 1 saturated heterocycles. The van der Waals surface area contributed by atoms with Crippen LogP contribution in [0.1, 0.15) is 25.0 Å². The highest BCUT2D eigenvalue weighted by atomic mass is 32.2. The third kappa shape index (κ3) is 3.07. The SMILES string of the molecule is c1coc(CSC[C@@H]2CCCCN2)c1. The van der Waals surface area contributed by atoms with E-state index in [1.807, 2.05) is 23.9 Å². The second-order valence-corrected chi connectivity index (χ2v) is 4.77. The maximum Gasteiger partial charge on any atom is 0.113 e. The topological polar surface area (TPSA) is 25.2 Å². The van der Waals surface area contributed by atoms with Gasteiger partial charge in [-0.1, -0.05) is 6.42 Å². The van der Waals surface area contributed by atoms with E-state index >= 15 is 0 Å². The second kappa shape index (κ2) is 5.47. The van der Waals surface area contributed by atoms with Gasteiger partial charge in [-0.2, -0.15) is 11.8 Å². The van der Waals surface area contributed by atoms with Gasteiger partial charge in [-0.05, 0) is 31.5 Å². The summed E-state index contributed by atoms with van der Waals surface area (Å²) in [5, 5.41) is 3.55. The standard InChI is InChI=1S/C11H17NOS/c1-2-6-12-10(4-1)8-14-9-11-5-3-7-13-11/h3,5,7,10,12H,1-2,4,6,8-9H2/t10-/m0/s1. The number of nitrogens with one attached hydrogen (secondary N) is 1. The van der Waals surface area contributed by atoms with E-state index < -0.39 is 0 Å². The van der Waals surface area contributed by atoms with E-state index in [-0.39, 0.29) is 0 Å². The van der Waals surface area contributed by atoms with Gasteiger partial charge in [0.2, 0.25) is 0 Å². The molecule has 2 heterocycles. The average molecular weight is 211 g/mol. The Morgan fingerprint density at radius 2 is 2.50 bits per heavy atom. The second-order valence-electron chi connectivity index (χ2n) is 3.74. The molecule has 3 heteroatoms. The summed E-state index contributed by atoms with van der Waals surface area (Å²) >= 11 is 1.96. The van der Waals surface area contributed by atoms with Gasteiger partial charge in [0.25, 0.3) is 0 Å². The summed E-state index contributed by atoms with van der Waals surface area (Å²) in [5.41, 5.74) is 0. The van der Waals surface area contributed by atoms with Crippen LogP contribution in [0.5, 0.6) is 0 Å². The van der Waals surface area contributed by atoms with Gasteiger partial charge >= 0.3 is 0 Å². The highest BCUT2D eigenvalue weighted by Crippen LogP contribution is 2.17.